The van der Waals surface area contributed by atoms with Crippen LogP contribution in [0.2, 0.25) is 0 Å². The fraction of sp³-hybridized carbons (Fsp3) is 0.467. The number of ether oxygens (including phenoxy) is 2. The van der Waals surface area contributed by atoms with Gasteiger partial charge in [-0.25, -0.2) is 9.59 Å². The molecule has 27 heavy (non-hydrogen) atoms. The van der Waals surface area contributed by atoms with Gasteiger partial charge < -0.3 is 24.6 Å². The number of nitrogens with zero attached hydrogens (tertiary/aromatic N) is 2. The highest BCUT2D eigenvalue weighted by molar-refractivity contribution is 5.86. The largest absolute Gasteiger partial charge is 0.490 e. The highest BCUT2D eigenvalue weighted by atomic mass is 19.4. The van der Waals surface area contributed by atoms with Crippen molar-refractivity contribution in [1.82, 2.24) is 9.88 Å². The smallest absolute Gasteiger partial charge is 0.480 e. The molecule has 0 bridgehead atoms. The van der Waals surface area contributed by atoms with Gasteiger partial charge >= 0.3 is 18.1 Å². The van der Waals surface area contributed by atoms with E-state index in [0.29, 0.717) is 12.4 Å². The fourth-order valence-corrected chi connectivity index (χ4v) is 1.98. The second-order valence-corrected chi connectivity index (χ2v) is 5.21. The summed E-state index contributed by atoms with van der Waals surface area (Å²) in [5.74, 6) is -3.74. The maximum atomic E-state index is 12.3. The molecule has 1 fully saturated rings. The van der Waals surface area contributed by atoms with E-state index in [1.165, 1.54) is 11.1 Å². The third-order valence-electron chi connectivity index (χ3n) is 3.23. The van der Waals surface area contributed by atoms with Gasteiger partial charge in [0, 0.05) is 12.7 Å². The van der Waals surface area contributed by atoms with E-state index in [1.807, 2.05) is 0 Å². The average Bonchev–Trinajstić information content (AvgIpc) is 2.61. The molecule has 1 aromatic heterocycles. The molecule has 9 nitrogen and oxygen atoms in total. The number of morpholine rings is 1. The molecular weight excluding hydrogens is 377 g/mol. The van der Waals surface area contributed by atoms with Crippen LogP contribution in [0.15, 0.2) is 24.5 Å². The third-order valence-corrected chi connectivity index (χ3v) is 3.23. The quantitative estimate of drug-likeness (QED) is 0.768. The second-order valence-electron chi connectivity index (χ2n) is 5.21. The van der Waals surface area contributed by atoms with Crippen LogP contribution in [0.25, 0.3) is 0 Å². The van der Waals surface area contributed by atoms with E-state index in [9.17, 15) is 22.8 Å². The molecule has 1 aliphatic rings. The van der Waals surface area contributed by atoms with Crippen LogP contribution in [-0.2, 0) is 19.1 Å². The van der Waals surface area contributed by atoms with Gasteiger partial charge in [-0.3, -0.25) is 9.78 Å². The first-order chi connectivity index (χ1) is 12.5. The zero-order valence-corrected chi connectivity index (χ0v) is 14.0. The molecule has 2 unspecified atom stereocenters. The van der Waals surface area contributed by atoms with Gasteiger partial charge in [-0.2, -0.15) is 13.2 Å². The number of carbonyl (C=O) groups excluding carboxylic acids is 1. The topological polar surface area (TPSA) is 126 Å². The molecule has 0 aliphatic carbocycles. The third kappa shape index (κ3) is 7.09. The predicted octanol–water partition coefficient (Wildman–Crippen LogP) is 0.794. The highest BCUT2D eigenvalue weighted by Crippen LogP contribution is 2.14. The van der Waals surface area contributed by atoms with Crippen molar-refractivity contribution in [3.8, 4) is 5.75 Å². The normalized spacial score (nSPS) is 17.9. The molecule has 0 radical (unpaired) electrons. The molecule has 0 spiro atoms. The number of amides is 1. The van der Waals surface area contributed by atoms with Crippen LogP contribution in [0.4, 0.5) is 13.2 Å². The molecule has 2 rings (SSSR count). The van der Waals surface area contributed by atoms with Crippen molar-refractivity contribution in [3.05, 3.63) is 24.5 Å². The fourth-order valence-electron chi connectivity index (χ4n) is 1.98. The molecule has 1 aromatic rings. The summed E-state index contributed by atoms with van der Waals surface area (Å²) in [6.07, 6.45) is -2.77. The van der Waals surface area contributed by atoms with Crippen molar-refractivity contribution in [2.45, 2.75) is 25.2 Å². The Morgan fingerprint density at radius 1 is 1.37 bits per heavy atom. The van der Waals surface area contributed by atoms with Gasteiger partial charge in [0.2, 0.25) is 0 Å². The number of carboxylic acids is 2. The Morgan fingerprint density at radius 2 is 2.00 bits per heavy atom. The molecule has 0 saturated carbocycles. The van der Waals surface area contributed by atoms with Crippen LogP contribution >= 0.6 is 0 Å². The molecule has 1 amide bonds. The maximum Gasteiger partial charge on any atom is 0.490 e. The lowest BCUT2D eigenvalue weighted by molar-refractivity contribution is -0.192. The zero-order valence-electron chi connectivity index (χ0n) is 14.0. The van der Waals surface area contributed by atoms with Gasteiger partial charge in [0.25, 0.3) is 5.91 Å². The van der Waals surface area contributed by atoms with E-state index in [-0.39, 0.29) is 19.1 Å². The number of carbonyl (C=O) groups is 3. The monoisotopic (exact) mass is 394 g/mol. The van der Waals surface area contributed by atoms with Crippen LogP contribution in [0.1, 0.15) is 6.92 Å². The Hall–Kier alpha value is -2.89. The summed E-state index contributed by atoms with van der Waals surface area (Å²) in [7, 11) is 0. The Morgan fingerprint density at radius 3 is 2.48 bits per heavy atom. The molecule has 0 aromatic carbocycles. The molecule has 2 atom stereocenters. The molecular formula is C15H17F3N2O7. The Bertz CT molecular complexity index is 655. The van der Waals surface area contributed by atoms with E-state index in [0.717, 1.165) is 0 Å². The van der Waals surface area contributed by atoms with Gasteiger partial charge in [-0.05, 0) is 19.1 Å². The van der Waals surface area contributed by atoms with E-state index in [1.54, 1.807) is 25.3 Å². The first-order valence-electron chi connectivity index (χ1n) is 7.52. The van der Waals surface area contributed by atoms with Crippen molar-refractivity contribution in [1.29, 1.82) is 0 Å². The standard InChI is InChI=1S/C13H16N2O5.C2HF3O2/c1-9(20-10-3-2-4-14-7-10)12(16)15-5-6-19-8-11(15)13(17)18;3-2(4,5)1(6)7/h2-4,7,9,11H,5-6,8H2,1H3,(H,17,18);(H,6,7). The summed E-state index contributed by atoms with van der Waals surface area (Å²) in [5, 5.41) is 16.2. The van der Waals surface area contributed by atoms with Crippen molar-refractivity contribution in [3.63, 3.8) is 0 Å². The van der Waals surface area contributed by atoms with Gasteiger partial charge in [0.1, 0.15) is 5.75 Å². The molecule has 150 valence electrons. The summed E-state index contributed by atoms with van der Waals surface area (Å²) in [6.45, 7) is 2.16. The first-order valence-corrected chi connectivity index (χ1v) is 7.52. The van der Waals surface area contributed by atoms with Gasteiger partial charge in [0.15, 0.2) is 12.1 Å². The van der Waals surface area contributed by atoms with Crippen molar-refractivity contribution < 1.29 is 47.2 Å². The minimum absolute atomic E-state index is 0.000680. The van der Waals surface area contributed by atoms with Crippen LogP contribution in [0, 0.1) is 0 Å². The van der Waals surface area contributed by atoms with Crippen LogP contribution in [-0.4, -0.2) is 76.0 Å². The van der Waals surface area contributed by atoms with Gasteiger partial charge in [0.05, 0.1) is 19.4 Å². The van der Waals surface area contributed by atoms with E-state index < -0.39 is 30.3 Å². The number of rotatable bonds is 4. The SMILES string of the molecule is CC(Oc1cccnc1)C(=O)N1CCOCC1C(=O)O.O=C(O)C(F)(F)F. The van der Waals surface area contributed by atoms with Crippen molar-refractivity contribution in [2.75, 3.05) is 19.8 Å². The van der Waals surface area contributed by atoms with Crippen LogP contribution < -0.4 is 4.74 Å². The van der Waals surface area contributed by atoms with E-state index >= 15 is 0 Å². The number of pyridine rings is 1. The summed E-state index contributed by atoms with van der Waals surface area (Å²) < 4.78 is 42.3. The van der Waals surface area contributed by atoms with E-state index in [2.05, 4.69) is 4.98 Å². The average molecular weight is 394 g/mol. The number of carboxylic acid groups (broad SMARTS) is 2. The van der Waals surface area contributed by atoms with Crippen LogP contribution in [0.3, 0.4) is 0 Å². The lowest BCUT2D eigenvalue weighted by atomic mass is 10.2. The summed E-state index contributed by atoms with van der Waals surface area (Å²) in [6, 6.07) is 2.42. The maximum absolute atomic E-state index is 12.3. The number of hydrogen-bond donors (Lipinski definition) is 2. The number of hydrogen-bond acceptors (Lipinski definition) is 6. The Kier molecular flexibility index (Phi) is 7.97. The molecule has 1 saturated heterocycles. The molecule has 2 heterocycles. The molecule has 1 aliphatic heterocycles. The van der Waals surface area contributed by atoms with Gasteiger partial charge in [-0.1, -0.05) is 0 Å². The van der Waals surface area contributed by atoms with E-state index in [4.69, 9.17) is 24.5 Å². The zero-order chi connectivity index (χ0) is 20.6. The molecule has 12 heteroatoms. The number of aromatic nitrogens is 1. The number of halogens is 3. The first kappa shape index (κ1) is 22.2. The van der Waals surface area contributed by atoms with Crippen LogP contribution in [0.5, 0.6) is 5.75 Å². The van der Waals surface area contributed by atoms with Gasteiger partial charge in [-0.15, -0.1) is 0 Å². The molecule has 2 N–H and O–H groups in total. The number of aliphatic carboxylic acids is 2. The number of alkyl halides is 3. The highest BCUT2D eigenvalue weighted by Gasteiger charge is 2.38. The lowest BCUT2D eigenvalue weighted by Crippen LogP contribution is -2.55. The summed E-state index contributed by atoms with van der Waals surface area (Å²) in [4.78, 5) is 37.5. The minimum atomic E-state index is -5.08. The Labute approximate surface area is 151 Å². The van der Waals surface area contributed by atoms with Crippen molar-refractivity contribution in [2.24, 2.45) is 0 Å². The summed E-state index contributed by atoms with van der Waals surface area (Å²) in [5.41, 5.74) is 0. The second kappa shape index (κ2) is 9.71. The predicted molar refractivity (Wildman–Crippen MR) is 82.0 cm³/mol. The Balaban J connectivity index is 0.000000445. The summed E-state index contributed by atoms with van der Waals surface area (Å²) >= 11 is 0. The van der Waals surface area contributed by atoms with Crippen molar-refractivity contribution >= 4 is 17.8 Å². The minimum Gasteiger partial charge on any atom is -0.480 e. The lowest BCUT2D eigenvalue weighted by Gasteiger charge is -2.34.